The third kappa shape index (κ3) is 4.91. The molecule has 154 valence electrons. The topological polar surface area (TPSA) is 56.2 Å². The lowest BCUT2D eigenvalue weighted by Gasteiger charge is -2.17. The lowest BCUT2D eigenvalue weighted by molar-refractivity contribution is -0.121. The van der Waals surface area contributed by atoms with E-state index < -0.39 is 0 Å². The average Bonchev–Trinajstić information content (AvgIpc) is 3.05. The molecule has 3 aromatic rings. The fourth-order valence-electron chi connectivity index (χ4n) is 3.51. The second kappa shape index (κ2) is 9.31. The summed E-state index contributed by atoms with van der Waals surface area (Å²) in [7, 11) is 0. The van der Waals surface area contributed by atoms with Crippen LogP contribution in [0.25, 0.3) is 11.0 Å². The Bertz CT molecular complexity index is 990. The maximum absolute atomic E-state index is 12.1. The lowest BCUT2D eigenvalue weighted by Crippen LogP contribution is -2.28. The van der Waals surface area contributed by atoms with E-state index in [2.05, 4.69) is 9.88 Å². The highest BCUT2D eigenvalue weighted by atomic mass is 35.5. The van der Waals surface area contributed by atoms with Crippen molar-refractivity contribution < 1.29 is 9.53 Å². The molecule has 0 spiro atoms. The van der Waals surface area contributed by atoms with Gasteiger partial charge in [-0.15, -0.1) is 0 Å². The smallest absolute Gasteiger partial charge is 0.220 e. The van der Waals surface area contributed by atoms with Crippen molar-refractivity contribution in [1.29, 1.82) is 0 Å². The van der Waals surface area contributed by atoms with Gasteiger partial charge in [-0.2, -0.15) is 0 Å². The normalized spacial score (nSPS) is 12.2. The Hall–Kier alpha value is -2.53. The van der Waals surface area contributed by atoms with E-state index in [1.54, 1.807) is 0 Å². The van der Waals surface area contributed by atoms with Crippen molar-refractivity contribution in [3.8, 4) is 5.75 Å². The molecule has 0 bridgehead atoms. The number of fused-ring (bicyclic) bond motifs is 1. The Morgan fingerprint density at radius 1 is 1.24 bits per heavy atom. The van der Waals surface area contributed by atoms with Gasteiger partial charge in [0, 0.05) is 11.4 Å². The maximum atomic E-state index is 12.1. The molecular weight excluding hydrogens is 386 g/mol. The van der Waals surface area contributed by atoms with Gasteiger partial charge in [0.15, 0.2) is 0 Å². The molecule has 1 aromatic heterocycles. The van der Waals surface area contributed by atoms with Crippen LogP contribution in [-0.4, -0.2) is 22.1 Å². The second-order valence-electron chi connectivity index (χ2n) is 7.37. The van der Waals surface area contributed by atoms with Gasteiger partial charge in [-0.3, -0.25) is 4.79 Å². The number of hydrogen-bond donors (Lipinski definition) is 1. The molecule has 0 radical (unpaired) electrons. The van der Waals surface area contributed by atoms with E-state index >= 15 is 0 Å². The minimum Gasteiger partial charge on any atom is -0.492 e. The molecule has 1 N–H and O–H groups in total. The number of hydrogen-bond acceptors (Lipinski definition) is 3. The van der Waals surface area contributed by atoms with Crippen LogP contribution in [0.4, 0.5) is 0 Å². The number of aromatic nitrogens is 2. The van der Waals surface area contributed by atoms with Crippen LogP contribution in [0.3, 0.4) is 0 Å². The van der Waals surface area contributed by atoms with E-state index in [9.17, 15) is 4.79 Å². The molecule has 0 aliphatic carbocycles. The number of rotatable bonds is 8. The molecule has 6 heteroatoms. The first-order valence-corrected chi connectivity index (χ1v) is 10.4. The number of amides is 1. The van der Waals surface area contributed by atoms with Gasteiger partial charge in [-0.25, -0.2) is 4.98 Å². The molecule has 2 aromatic carbocycles. The number of halogens is 1. The highest BCUT2D eigenvalue weighted by Gasteiger charge is 2.18. The summed E-state index contributed by atoms with van der Waals surface area (Å²) in [6, 6.07) is 11.7. The standard InChI is InChI=1S/C23H28ClN3O2/c1-5-8-21(28)25-17(4)23-26-19-9-6-7-10-20(19)27(23)11-12-29-18-13-15(2)22(24)16(3)14-18/h6-7,9-10,13-14,17H,5,8,11-12H2,1-4H3,(H,25,28). The molecule has 0 fully saturated rings. The average molecular weight is 414 g/mol. The zero-order chi connectivity index (χ0) is 21.0. The van der Waals surface area contributed by atoms with Gasteiger partial charge in [-0.05, 0) is 62.6 Å². The highest BCUT2D eigenvalue weighted by Crippen LogP contribution is 2.26. The molecule has 29 heavy (non-hydrogen) atoms. The van der Waals surface area contributed by atoms with Crippen molar-refractivity contribution in [2.24, 2.45) is 0 Å². The molecule has 1 unspecified atom stereocenters. The number of nitrogens with one attached hydrogen (secondary N) is 1. The monoisotopic (exact) mass is 413 g/mol. The van der Waals surface area contributed by atoms with Gasteiger partial charge < -0.3 is 14.6 Å². The van der Waals surface area contributed by atoms with Crippen LogP contribution in [0, 0.1) is 13.8 Å². The molecule has 1 amide bonds. The number of carbonyl (C=O) groups is 1. The van der Waals surface area contributed by atoms with Crippen LogP contribution in [0.5, 0.6) is 5.75 Å². The predicted octanol–water partition coefficient (Wildman–Crippen LogP) is 5.36. The number of imidazole rings is 1. The summed E-state index contributed by atoms with van der Waals surface area (Å²) < 4.78 is 8.13. The highest BCUT2D eigenvalue weighted by molar-refractivity contribution is 6.32. The number of benzene rings is 2. The van der Waals surface area contributed by atoms with Gasteiger partial charge in [0.05, 0.1) is 23.6 Å². The van der Waals surface area contributed by atoms with Crippen LogP contribution in [-0.2, 0) is 11.3 Å². The van der Waals surface area contributed by atoms with E-state index in [0.29, 0.717) is 19.6 Å². The van der Waals surface area contributed by atoms with Gasteiger partial charge in [-0.1, -0.05) is 30.7 Å². The molecule has 0 saturated heterocycles. The molecular formula is C23H28ClN3O2. The van der Waals surface area contributed by atoms with Crippen molar-refractivity contribution in [3.05, 3.63) is 58.4 Å². The molecule has 0 aliphatic rings. The number of ether oxygens (including phenoxy) is 1. The molecule has 0 aliphatic heterocycles. The molecule has 0 saturated carbocycles. The summed E-state index contributed by atoms with van der Waals surface area (Å²) in [6.45, 7) is 9.04. The van der Waals surface area contributed by atoms with Gasteiger partial charge in [0.2, 0.25) is 5.91 Å². The summed E-state index contributed by atoms with van der Waals surface area (Å²) in [5.41, 5.74) is 3.95. The van der Waals surface area contributed by atoms with Crippen LogP contribution in [0.15, 0.2) is 36.4 Å². The van der Waals surface area contributed by atoms with Gasteiger partial charge in [0.25, 0.3) is 0 Å². The lowest BCUT2D eigenvalue weighted by atomic mass is 10.1. The Morgan fingerprint density at radius 3 is 2.62 bits per heavy atom. The number of para-hydroxylation sites is 2. The second-order valence-corrected chi connectivity index (χ2v) is 7.75. The van der Waals surface area contributed by atoms with E-state index in [-0.39, 0.29) is 11.9 Å². The number of carbonyl (C=O) groups excluding carboxylic acids is 1. The third-order valence-electron chi connectivity index (χ3n) is 4.92. The summed E-state index contributed by atoms with van der Waals surface area (Å²) in [6.07, 6.45) is 1.34. The molecule has 5 nitrogen and oxygen atoms in total. The van der Waals surface area contributed by atoms with E-state index in [0.717, 1.165) is 45.2 Å². The van der Waals surface area contributed by atoms with Crippen molar-refractivity contribution in [2.45, 2.75) is 53.1 Å². The zero-order valence-electron chi connectivity index (χ0n) is 17.5. The molecule has 1 atom stereocenters. The Balaban J connectivity index is 1.79. The van der Waals surface area contributed by atoms with Crippen LogP contribution in [0.1, 0.15) is 49.7 Å². The predicted molar refractivity (Wildman–Crippen MR) is 118 cm³/mol. The van der Waals surface area contributed by atoms with E-state index in [1.165, 1.54) is 0 Å². The first kappa shape index (κ1) is 21.2. The van der Waals surface area contributed by atoms with Gasteiger partial charge in [0.1, 0.15) is 18.2 Å². The molecule has 1 heterocycles. The Morgan fingerprint density at radius 2 is 1.93 bits per heavy atom. The summed E-state index contributed by atoms with van der Waals surface area (Å²) >= 11 is 6.25. The SMILES string of the molecule is CCCC(=O)NC(C)c1nc2ccccc2n1CCOc1cc(C)c(Cl)c(C)c1. The van der Waals surface area contributed by atoms with Gasteiger partial charge >= 0.3 is 0 Å². The van der Waals surface area contributed by atoms with Crippen LogP contribution >= 0.6 is 11.6 Å². The first-order chi connectivity index (χ1) is 13.9. The summed E-state index contributed by atoms with van der Waals surface area (Å²) in [5.74, 6) is 1.68. The minimum atomic E-state index is -0.179. The quantitative estimate of drug-likeness (QED) is 0.540. The largest absolute Gasteiger partial charge is 0.492 e. The summed E-state index contributed by atoms with van der Waals surface area (Å²) in [5, 5.41) is 3.82. The number of aryl methyl sites for hydroxylation is 2. The first-order valence-electron chi connectivity index (χ1n) is 10.0. The third-order valence-corrected chi connectivity index (χ3v) is 5.52. The zero-order valence-corrected chi connectivity index (χ0v) is 18.2. The summed E-state index contributed by atoms with van der Waals surface area (Å²) in [4.78, 5) is 16.8. The van der Waals surface area contributed by atoms with Crippen LogP contribution in [0.2, 0.25) is 5.02 Å². The van der Waals surface area contributed by atoms with Crippen molar-refractivity contribution in [1.82, 2.24) is 14.9 Å². The van der Waals surface area contributed by atoms with Crippen molar-refractivity contribution >= 4 is 28.5 Å². The fraction of sp³-hybridized carbons (Fsp3) is 0.391. The van der Waals surface area contributed by atoms with E-state index in [1.807, 2.05) is 64.1 Å². The maximum Gasteiger partial charge on any atom is 0.220 e. The van der Waals surface area contributed by atoms with E-state index in [4.69, 9.17) is 21.3 Å². The Kier molecular flexibility index (Phi) is 6.80. The van der Waals surface area contributed by atoms with Crippen molar-refractivity contribution in [2.75, 3.05) is 6.61 Å². The van der Waals surface area contributed by atoms with Crippen molar-refractivity contribution in [3.63, 3.8) is 0 Å². The minimum absolute atomic E-state index is 0.0435. The number of nitrogens with zero attached hydrogens (tertiary/aromatic N) is 2. The van der Waals surface area contributed by atoms with Crippen LogP contribution < -0.4 is 10.1 Å². The Labute approximate surface area is 177 Å². The molecule has 3 rings (SSSR count). The fourth-order valence-corrected chi connectivity index (χ4v) is 3.62.